The molecule has 1 heterocycles. The van der Waals surface area contributed by atoms with Crippen LogP contribution in [0.4, 0.5) is 0 Å². The maximum Gasteiger partial charge on any atom is 0.303 e. The fraction of sp³-hybridized carbons (Fsp3) is 0.318. The van der Waals surface area contributed by atoms with Crippen molar-refractivity contribution in [2.24, 2.45) is 0 Å². The van der Waals surface area contributed by atoms with Crippen LogP contribution in [0.1, 0.15) is 39.2 Å². The van der Waals surface area contributed by atoms with Crippen molar-refractivity contribution in [3.8, 4) is 5.69 Å². The number of aromatic nitrogens is 2. The zero-order chi connectivity index (χ0) is 21.2. The molecule has 0 saturated heterocycles. The van der Waals surface area contributed by atoms with Crippen LogP contribution >= 0.6 is 27.7 Å². The van der Waals surface area contributed by atoms with E-state index in [1.165, 1.54) is 22.7 Å². The third-order valence-corrected chi connectivity index (χ3v) is 6.65. The second-order valence-corrected chi connectivity index (χ2v) is 9.67. The minimum atomic E-state index is -0.967. The molecule has 1 N–H and O–H groups in total. The van der Waals surface area contributed by atoms with E-state index < -0.39 is 10.7 Å². The highest BCUT2D eigenvalue weighted by Gasteiger charge is 2.31. The number of aliphatic carboxylic acids is 1. The van der Waals surface area contributed by atoms with Gasteiger partial charge in [0.05, 0.1) is 23.1 Å². The molecule has 0 radical (unpaired) electrons. The Morgan fingerprint density at radius 2 is 1.83 bits per heavy atom. The molecule has 1 aromatic heterocycles. The minimum absolute atomic E-state index is 0.00530. The van der Waals surface area contributed by atoms with E-state index in [-0.39, 0.29) is 18.6 Å². The molecule has 0 bridgehead atoms. The second-order valence-electron chi connectivity index (χ2n) is 7.27. The first-order valence-electron chi connectivity index (χ1n) is 9.43. The number of hydrogen-bond donors (Lipinski definition) is 1. The Morgan fingerprint density at radius 1 is 1.14 bits per heavy atom. The minimum Gasteiger partial charge on any atom is -0.481 e. The number of halogens is 1. The lowest BCUT2D eigenvalue weighted by Crippen LogP contribution is -2.28. The van der Waals surface area contributed by atoms with Crippen molar-refractivity contribution in [2.75, 3.05) is 0 Å². The van der Waals surface area contributed by atoms with E-state index in [0.29, 0.717) is 5.16 Å². The number of carbonyl (C=O) groups excluding carboxylic acids is 1. The summed E-state index contributed by atoms with van der Waals surface area (Å²) in [7, 11) is 0. The molecule has 2 aromatic carbocycles. The van der Waals surface area contributed by atoms with Crippen LogP contribution in [0.5, 0.6) is 0 Å². The van der Waals surface area contributed by atoms with Crippen molar-refractivity contribution in [1.82, 2.24) is 9.55 Å². The topological polar surface area (TPSA) is 72.2 Å². The molecular formula is C22H23BrN2O3S. The van der Waals surface area contributed by atoms with E-state index in [2.05, 4.69) is 52.1 Å². The molecule has 0 spiro atoms. The van der Waals surface area contributed by atoms with Crippen molar-refractivity contribution in [2.45, 2.75) is 49.9 Å². The number of hydrogen-bond acceptors (Lipinski definition) is 4. The summed E-state index contributed by atoms with van der Waals surface area (Å²) in [6.07, 6.45) is 2.51. The monoisotopic (exact) mass is 474 g/mol. The van der Waals surface area contributed by atoms with Crippen molar-refractivity contribution in [1.29, 1.82) is 0 Å². The normalized spacial score (nSPS) is 11.7. The van der Waals surface area contributed by atoms with Crippen LogP contribution < -0.4 is 0 Å². The first-order valence-corrected chi connectivity index (χ1v) is 11.0. The molecule has 0 amide bonds. The van der Waals surface area contributed by atoms with Gasteiger partial charge in [-0.1, -0.05) is 49.0 Å². The fourth-order valence-electron chi connectivity index (χ4n) is 3.26. The average molecular weight is 475 g/mol. The van der Waals surface area contributed by atoms with E-state index in [1.54, 1.807) is 6.20 Å². The van der Waals surface area contributed by atoms with Crippen molar-refractivity contribution < 1.29 is 14.7 Å². The van der Waals surface area contributed by atoms with E-state index in [1.807, 2.05) is 30.5 Å². The second kappa shape index (κ2) is 8.71. The molecule has 3 rings (SSSR count). The summed E-state index contributed by atoms with van der Waals surface area (Å²) >= 11 is 4.94. The van der Waals surface area contributed by atoms with Gasteiger partial charge in [0.1, 0.15) is 10.4 Å². The highest BCUT2D eigenvalue weighted by atomic mass is 79.9. The summed E-state index contributed by atoms with van der Waals surface area (Å²) in [5, 5.41) is 11.9. The number of carbonyl (C=O) groups is 2. The summed E-state index contributed by atoms with van der Waals surface area (Å²) in [4.78, 5) is 27.9. The zero-order valence-corrected chi connectivity index (χ0v) is 19.0. The first-order chi connectivity index (χ1) is 13.7. The van der Waals surface area contributed by atoms with Gasteiger partial charge in [-0.15, -0.1) is 0 Å². The Hall–Kier alpha value is -2.12. The van der Waals surface area contributed by atoms with E-state index in [0.717, 1.165) is 22.1 Å². The Morgan fingerprint density at radius 3 is 2.48 bits per heavy atom. The van der Waals surface area contributed by atoms with Gasteiger partial charge in [-0.05, 0) is 53.2 Å². The number of rotatable bonds is 8. The van der Waals surface area contributed by atoms with Crippen molar-refractivity contribution >= 4 is 50.2 Å². The summed E-state index contributed by atoms with van der Waals surface area (Å²) in [6, 6.07) is 12.5. The molecule has 0 aliphatic heterocycles. The van der Waals surface area contributed by atoms with Gasteiger partial charge in [-0.25, -0.2) is 4.98 Å². The lowest BCUT2D eigenvalue weighted by atomic mass is 10.0. The van der Waals surface area contributed by atoms with Crippen molar-refractivity contribution in [3.63, 3.8) is 0 Å². The van der Waals surface area contributed by atoms with Gasteiger partial charge in [0.2, 0.25) is 0 Å². The number of nitrogens with zero attached hydrogens (tertiary/aromatic N) is 2. The number of aryl methyl sites for hydroxylation is 1. The van der Waals surface area contributed by atoms with E-state index in [9.17, 15) is 9.59 Å². The SMILES string of the molecule is CCc1ccc(-n2c(Br)cnc2SC(C)(C)C(=O)CCC(=O)O)c2ccccc12. The highest BCUT2D eigenvalue weighted by Crippen LogP contribution is 2.38. The van der Waals surface area contributed by atoms with Gasteiger partial charge < -0.3 is 5.11 Å². The molecule has 3 aromatic rings. The Labute approximate surface area is 182 Å². The number of fused-ring (bicyclic) bond motifs is 1. The number of Topliss-reactive ketones (excluding diaryl/α,β-unsaturated/α-hetero) is 1. The molecule has 0 fully saturated rings. The summed E-state index contributed by atoms with van der Waals surface area (Å²) in [6.45, 7) is 5.77. The highest BCUT2D eigenvalue weighted by molar-refractivity contribution is 9.10. The molecule has 29 heavy (non-hydrogen) atoms. The molecule has 0 aliphatic rings. The summed E-state index contributed by atoms with van der Waals surface area (Å²) in [5.41, 5.74) is 2.26. The number of thioether (sulfide) groups is 1. The molecule has 0 saturated carbocycles. The quantitative estimate of drug-likeness (QED) is 0.426. The Balaban J connectivity index is 2.02. The van der Waals surface area contributed by atoms with Crippen LogP contribution in [-0.4, -0.2) is 31.2 Å². The standard InChI is InChI=1S/C22H23BrN2O3S/c1-4-14-9-10-17(16-8-6-5-7-15(14)16)25-19(23)13-24-21(25)29-22(2,3)18(26)11-12-20(27)28/h5-10,13H,4,11-12H2,1-3H3,(H,27,28). The molecule has 5 nitrogen and oxygen atoms in total. The Bertz CT molecular complexity index is 1080. The summed E-state index contributed by atoms with van der Waals surface area (Å²) in [5.74, 6) is -1.08. The number of ketones is 1. The number of carboxylic acid groups (broad SMARTS) is 1. The van der Waals surface area contributed by atoms with Crippen molar-refractivity contribution in [3.05, 3.63) is 52.8 Å². The van der Waals surface area contributed by atoms with E-state index >= 15 is 0 Å². The fourth-order valence-corrected chi connectivity index (χ4v) is 4.91. The maximum atomic E-state index is 12.6. The predicted molar refractivity (Wildman–Crippen MR) is 120 cm³/mol. The molecular weight excluding hydrogens is 452 g/mol. The largest absolute Gasteiger partial charge is 0.481 e. The van der Waals surface area contributed by atoms with Gasteiger partial charge in [0, 0.05) is 11.8 Å². The van der Waals surface area contributed by atoms with Gasteiger partial charge in [0.15, 0.2) is 5.16 Å². The third kappa shape index (κ3) is 4.56. The lowest BCUT2D eigenvalue weighted by Gasteiger charge is -2.23. The van der Waals surface area contributed by atoms with E-state index in [4.69, 9.17) is 5.11 Å². The zero-order valence-electron chi connectivity index (χ0n) is 16.6. The molecule has 0 atom stereocenters. The lowest BCUT2D eigenvalue weighted by molar-refractivity contribution is -0.138. The van der Waals surface area contributed by atoms with Gasteiger partial charge in [-0.3, -0.25) is 14.2 Å². The van der Waals surface area contributed by atoms with Crippen LogP contribution in [-0.2, 0) is 16.0 Å². The van der Waals surface area contributed by atoms with Crippen LogP contribution in [0.25, 0.3) is 16.5 Å². The third-order valence-electron chi connectivity index (χ3n) is 4.88. The van der Waals surface area contributed by atoms with Gasteiger partial charge >= 0.3 is 5.97 Å². The number of carboxylic acids is 1. The molecule has 0 unspecified atom stereocenters. The molecule has 0 aliphatic carbocycles. The molecule has 7 heteroatoms. The van der Waals surface area contributed by atoms with Crippen LogP contribution in [0.3, 0.4) is 0 Å². The van der Waals surface area contributed by atoms with Gasteiger partial charge in [-0.2, -0.15) is 0 Å². The number of imidazole rings is 1. The van der Waals surface area contributed by atoms with Crippen LogP contribution in [0, 0.1) is 0 Å². The maximum absolute atomic E-state index is 12.6. The predicted octanol–water partition coefficient (Wildman–Crippen LogP) is 5.66. The first kappa shape index (κ1) is 21.6. The number of benzene rings is 2. The van der Waals surface area contributed by atoms with Gasteiger partial charge in [0.25, 0.3) is 0 Å². The smallest absolute Gasteiger partial charge is 0.303 e. The van der Waals surface area contributed by atoms with Crippen LogP contribution in [0.2, 0.25) is 0 Å². The summed E-state index contributed by atoms with van der Waals surface area (Å²) < 4.78 is 2.00. The van der Waals surface area contributed by atoms with Crippen LogP contribution in [0.15, 0.2) is 52.4 Å². The molecule has 152 valence electrons. The average Bonchev–Trinajstić information content (AvgIpc) is 3.04. The Kier molecular flexibility index (Phi) is 6.49.